The van der Waals surface area contributed by atoms with Gasteiger partial charge in [-0.3, -0.25) is 0 Å². The van der Waals surface area contributed by atoms with E-state index in [0.29, 0.717) is 19.8 Å². The largest absolute Gasteiger partial charge is 0.382 e. The molecule has 1 rings (SSSR count). The van der Waals surface area contributed by atoms with Gasteiger partial charge in [0.05, 0.1) is 19.3 Å². The van der Waals surface area contributed by atoms with Gasteiger partial charge in [0, 0.05) is 13.7 Å². The molecule has 15 heavy (non-hydrogen) atoms. The van der Waals surface area contributed by atoms with Gasteiger partial charge >= 0.3 is 0 Å². The fourth-order valence-electron chi connectivity index (χ4n) is 1.28. The number of nitrogens with two attached hydrogens (primary N) is 1. The van der Waals surface area contributed by atoms with Crippen LogP contribution in [0.15, 0.2) is 24.3 Å². The summed E-state index contributed by atoms with van der Waals surface area (Å²) in [7, 11) is 1.60. The molecule has 1 unspecified atom stereocenters. The summed E-state index contributed by atoms with van der Waals surface area (Å²) in [5, 5.41) is 0. The lowest BCUT2D eigenvalue weighted by molar-refractivity contribution is 0.0206. The molecule has 4 heteroatoms. The normalized spacial score (nSPS) is 12.7. The Kier molecular flexibility index (Phi) is 5.25. The average Bonchev–Trinajstić information content (AvgIpc) is 2.24. The molecule has 2 N–H and O–H groups in total. The number of benzene rings is 1. The van der Waals surface area contributed by atoms with Crippen LogP contribution in [0.1, 0.15) is 11.7 Å². The van der Waals surface area contributed by atoms with Gasteiger partial charge in [-0.1, -0.05) is 12.1 Å². The van der Waals surface area contributed by atoms with E-state index >= 15 is 0 Å². The predicted octanol–water partition coefficient (Wildman–Crippen LogP) is 1.49. The van der Waals surface area contributed by atoms with Crippen LogP contribution in [0, 0.1) is 5.82 Å². The third kappa shape index (κ3) is 3.95. The molecule has 0 saturated carbocycles. The molecule has 0 bridgehead atoms. The number of hydrogen-bond donors (Lipinski definition) is 1. The summed E-state index contributed by atoms with van der Waals surface area (Å²) in [6.45, 7) is 1.29. The lowest BCUT2D eigenvalue weighted by atomic mass is 10.1. The fraction of sp³-hybridized carbons (Fsp3) is 0.455. The van der Waals surface area contributed by atoms with E-state index in [0.717, 1.165) is 5.56 Å². The zero-order valence-corrected chi connectivity index (χ0v) is 8.78. The van der Waals surface area contributed by atoms with Gasteiger partial charge in [0.15, 0.2) is 0 Å². The van der Waals surface area contributed by atoms with E-state index in [1.807, 2.05) is 0 Å². The molecule has 0 aromatic heterocycles. The minimum atomic E-state index is -0.277. The summed E-state index contributed by atoms with van der Waals surface area (Å²) in [5.74, 6) is -0.277. The van der Waals surface area contributed by atoms with Gasteiger partial charge in [-0.2, -0.15) is 0 Å². The van der Waals surface area contributed by atoms with Gasteiger partial charge in [0.1, 0.15) is 5.82 Å². The van der Waals surface area contributed by atoms with Crippen molar-refractivity contribution in [2.75, 3.05) is 26.9 Å². The van der Waals surface area contributed by atoms with Gasteiger partial charge in [-0.15, -0.1) is 0 Å². The van der Waals surface area contributed by atoms with E-state index in [1.54, 1.807) is 19.2 Å². The lowest BCUT2D eigenvalue weighted by Gasteiger charge is -2.16. The van der Waals surface area contributed by atoms with Crippen LogP contribution in [0.3, 0.4) is 0 Å². The first-order valence-corrected chi connectivity index (χ1v) is 4.84. The Morgan fingerprint density at radius 2 is 2.20 bits per heavy atom. The van der Waals surface area contributed by atoms with Gasteiger partial charge < -0.3 is 15.2 Å². The van der Waals surface area contributed by atoms with Crippen molar-refractivity contribution in [2.45, 2.75) is 6.10 Å². The minimum Gasteiger partial charge on any atom is -0.382 e. The standard InChI is InChI=1S/C11H16FNO2/c1-14-5-6-15-11(8-13)9-3-2-4-10(12)7-9/h2-4,7,11H,5-6,8,13H2,1H3. The van der Waals surface area contributed by atoms with E-state index in [9.17, 15) is 4.39 Å². The molecule has 3 nitrogen and oxygen atoms in total. The zero-order chi connectivity index (χ0) is 11.1. The second-order valence-corrected chi connectivity index (χ2v) is 3.14. The van der Waals surface area contributed by atoms with E-state index in [-0.39, 0.29) is 11.9 Å². The lowest BCUT2D eigenvalue weighted by Crippen LogP contribution is -2.18. The first kappa shape index (κ1) is 12.1. The van der Waals surface area contributed by atoms with Crippen molar-refractivity contribution in [1.29, 1.82) is 0 Å². The third-order valence-corrected chi connectivity index (χ3v) is 2.04. The van der Waals surface area contributed by atoms with Crippen molar-refractivity contribution in [3.63, 3.8) is 0 Å². The molecule has 0 amide bonds. The van der Waals surface area contributed by atoms with Crippen LogP contribution in [0.4, 0.5) is 4.39 Å². The van der Waals surface area contributed by atoms with Crippen LogP contribution < -0.4 is 5.73 Å². The molecular weight excluding hydrogens is 197 g/mol. The third-order valence-electron chi connectivity index (χ3n) is 2.04. The Bertz CT molecular complexity index is 294. The Labute approximate surface area is 89.0 Å². The maximum Gasteiger partial charge on any atom is 0.123 e. The summed E-state index contributed by atoms with van der Waals surface area (Å²) in [6.07, 6.45) is -0.268. The Morgan fingerprint density at radius 1 is 1.40 bits per heavy atom. The van der Waals surface area contributed by atoms with Crippen molar-refractivity contribution in [3.05, 3.63) is 35.6 Å². The molecule has 0 spiro atoms. The topological polar surface area (TPSA) is 44.5 Å². The molecule has 0 saturated heterocycles. The maximum atomic E-state index is 12.9. The molecule has 1 aromatic carbocycles. The van der Waals surface area contributed by atoms with Crippen molar-refractivity contribution < 1.29 is 13.9 Å². The van der Waals surface area contributed by atoms with Crippen molar-refractivity contribution in [1.82, 2.24) is 0 Å². The molecule has 84 valence electrons. The van der Waals surface area contributed by atoms with Crippen LogP contribution in [-0.2, 0) is 9.47 Å². The molecule has 1 aromatic rings. The zero-order valence-electron chi connectivity index (χ0n) is 8.78. The molecule has 0 heterocycles. The van der Waals surface area contributed by atoms with Crippen LogP contribution in [0.5, 0.6) is 0 Å². The van der Waals surface area contributed by atoms with Gasteiger partial charge in [-0.25, -0.2) is 4.39 Å². The highest BCUT2D eigenvalue weighted by molar-refractivity contribution is 5.19. The molecule has 1 atom stereocenters. The Morgan fingerprint density at radius 3 is 2.80 bits per heavy atom. The first-order valence-electron chi connectivity index (χ1n) is 4.84. The van der Waals surface area contributed by atoms with Gasteiger partial charge in [0.2, 0.25) is 0 Å². The molecule has 0 aliphatic carbocycles. The van der Waals surface area contributed by atoms with E-state index in [4.69, 9.17) is 15.2 Å². The first-order chi connectivity index (χ1) is 7.27. The summed E-state index contributed by atoms with van der Waals surface area (Å²) < 4.78 is 23.2. The smallest absolute Gasteiger partial charge is 0.123 e. The van der Waals surface area contributed by atoms with Crippen LogP contribution in [0.25, 0.3) is 0 Å². The predicted molar refractivity (Wildman–Crippen MR) is 56.0 cm³/mol. The second-order valence-electron chi connectivity index (χ2n) is 3.14. The van der Waals surface area contributed by atoms with Crippen molar-refractivity contribution in [3.8, 4) is 0 Å². The van der Waals surface area contributed by atoms with Crippen LogP contribution in [0.2, 0.25) is 0 Å². The van der Waals surface area contributed by atoms with Crippen molar-refractivity contribution in [2.24, 2.45) is 5.73 Å². The molecular formula is C11H16FNO2. The molecule has 0 fully saturated rings. The maximum absolute atomic E-state index is 12.9. The van der Waals surface area contributed by atoms with Crippen LogP contribution >= 0.6 is 0 Å². The number of ether oxygens (including phenoxy) is 2. The summed E-state index contributed by atoms with van der Waals surface area (Å²) >= 11 is 0. The fourth-order valence-corrected chi connectivity index (χ4v) is 1.28. The molecule has 0 radical (unpaired) electrons. The van der Waals surface area contributed by atoms with Gasteiger partial charge in [-0.05, 0) is 17.7 Å². The minimum absolute atomic E-state index is 0.268. The van der Waals surface area contributed by atoms with Gasteiger partial charge in [0.25, 0.3) is 0 Å². The van der Waals surface area contributed by atoms with E-state index < -0.39 is 0 Å². The highest BCUT2D eigenvalue weighted by Gasteiger charge is 2.10. The summed E-state index contributed by atoms with van der Waals surface area (Å²) in [6, 6.07) is 6.27. The molecule has 0 aliphatic heterocycles. The van der Waals surface area contributed by atoms with E-state index in [1.165, 1.54) is 12.1 Å². The average molecular weight is 213 g/mol. The monoisotopic (exact) mass is 213 g/mol. The van der Waals surface area contributed by atoms with E-state index in [2.05, 4.69) is 0 Å². The Balaban J connectivity index is 2.57. The highest BCUT2D eigenvalue weighted by Crippen LogP contribution is 2.16. The quantitative estimate of drug-likeness (QED) is 0.728. The number of rotatable bonds is 6. The number of methoxy groups -OCH3 is 1. The van der Waals surface area contributed by atoms with Crippen LogP contribution in [-0.4, -0.2) is 26.9 Å². The SMILES string of the molecule is COCCOC(CN)c1cccc(F)c1. The Hall–Kier alpha value is -0.970. The number of hydrogen-bond acceptors (Lipinski definition) is 3. The highest BCUT2D eigenvalue weighted by atomic mass is 19.1. The number of halogens is 1. The van der Waals surface area contributed by atoms with Crippen molar-refractivity contribution >= 4 is 0 Å². The summed E-state index contributed by atoms with van der Waals surface area (Å²) in [4.78, 5) is 0. The second kappa shape index (κ2) is 6.50. The summed E-state index contributed by atoms with van der Waals surface area (Å²) in [5.41, 5.74) is 6.31. The molecule has 0 aliphatic rings.